The van der Waals surface area contributed by atoms with Crippen LogP contribution in [0.5, 0.6) is 5.75 Å². The molecule has 2 N–H and O–H groups in total. The van der Waals surface area contributed by atoms with Crippen LogP contribution in [0.4, 0.5) is 5.69 Å². The van der Waals surface area contributed by atoms with Crippen LogP contribution in [0.15, 0.2) is 24.3 Å². The zero-order valence-corrected chi connectivity index (χ0v) is 12.1. The van der Waals surface area contributed by atoms with E-state index in [9.17, 15) is 0 Å². The lowest BCUT2D eigenvalue weighted by Crippen LogP contribution is -2.28. The van der Waals surface area contributed by atoms with E-state index in [2.05, 4.69) is 11.0 Å². The summed E-state index contributed by atoms with van der Waals surface area (Å²) in [4.78, 5) is 2.32. The third kappa shape index (κ3) is 5.49. The van der Waals surface area contributed by atoms with Gasteiger partial charge >= 0.3 is 0 Å². The minimum atomic E-state index is 0.705. The molecule has 1 rings (SSSR count). The highest BCUT2D eigenvalue weighted by Crippen LogP contribution is 2.27. The van der Waals surface area contributed by atoms with Crippen molar-refractivity contribution in [2.24, 2.45) is 5.73 Å². The van der Waals surface area contributed by atoms with Gasteiger partial charge in [-0.1, -0.05) is 12.1 Å². The summed E-state index contributed by atoms with van der Waals surface area (Å²) in [5, 5.41) is 0. The molecule has 0 aliphatic heterocycles. The highest BCUT2D eigenvalue weighted by Gasteiger charge is 2.10. The molecule has 0 bridgehead atoms. The highest BCUT2D eigenvalue weighted by molar-refractivity contribution is 5.58. The number of ether oxygens (including phenoxy) is 2. The minimum Gasteiger partial charge on any atom is -0.495 e. The molecule has 1 aromatic carbocycles. The predicted octanol–water partition coefficient (Wildman–Crippen LogP) is 2.28. The number of benzene rings is 1. The van der Waals surface area contributed by atoms with Gasteiger partial charge in [-0.05, 0) is 38.4 Å². The van der Waals surface area contributed by atoms with Crippen LogP contribution in [0.1, 0.15) is 19.8 Å². The van der Waals surface area contributed by atoms with Crippen LogP contribution in [0.25, 0.3) is 0 Å². The number of nitrogens with zero attached hydrogens (tertiary/aromatic N) is 1. The fraction of sp³-hybridized carbons (Fsp3) is 0.600. The van der Waals surface area contributed by atoms with Crippen molar-refractivity contribution in [2.45, 2.75) is 19.8 Å². The summed E-state index contributed by atoms with van der Waals surface area (Å²) >= 11 is 0. The topological polar surface area (TPSA) is 47.7 Å². The first-order valence-corrected chi connectivity index (χ1v) is 6.99. The maximum absolute atomic E-state index is 5.62. The van der Waals surface area contributed by atoms with Crippen molar-refractivity contribution in [3.8, 4) is 5.75 Å². The van der Waals surface area contributed by atoms with Crippen LogP contribution < -0.4 is 15.4 Å². The number of nitrogens with two attached hydrogens (primary N) is 1. The fourth-order valence-corrected chi connectivity index (χ4v) is 2.03. The predicted molar refractivity (Wildman–Crippen MR) is 80.0 cm³/mol. The van der Waals surface area contributed by atoms with E-state index in [-0.39, 0.29) is 0 Å². The van der Waals surface area contributed by atoms with Gasteiger partial charge in [0, 0.05) is 26.3 Å². The average molecular weight is 266 g/mol. The van der Waals surface area contributed by atoms with E-state index in [1.165, 1.54) is 0 Å². The van der Waals surface area contributed by atoms with Gasteiger partial charge in [-0.15, -0.1) is 0 Å². The second kappa shape index (κ2) is 9.64. The number of hydrogen-bond acceptors (Lipinski definition) is 4. The first kappa shape index (κ1) is 15.8. The molecule has 0 radical (unpaired) electrons. The second-order valence-electron chi connectivity index (χ2n) is 4.35. The van der Waals surface area contributed by atoms with Crippen LogP contribution in [0.2, 0.25) is 0 Å². The standard InChI is InChI=1S/C15H26N2O2/c1-3-19-13-7-12-17(11-6-10-16)14-8-4-5-9-15(14)18-2/h4-5,8-9H,3,6-7,10-13,16H2,1-2H3. The molecule has 0 heterocycles. The molecular weight excluding hydrogens is 240 g/mol. The Morgan fingerprint density at radius 1 is 1.16 bits per heavy atom. The Labute approximate surface area is 116 Å². The van der Waals surface area contributed by atoms with Gasteiger partial charge in [0.2, 0.25) is 0 Å². The summed E-state index contributed by atoms with van der Waals surface area (Å²) in [6.07, 6.45) is 1.99. The van der Waals surface area contributed by atoms with Gasteiger partial charge in [0.15, 0.2) is 0 Å². The second-order valence-corrected chi connectivity index (χ2v) is 4.35. The third-order valence-corrected chi connectivity index (χ3v) is 2.98. The summed E-state index contributed by atoms with van der Waals surface area (Å²) in [5.41, 5.74) is 6.75. The van der Waals surface area contributed by atoms with Crippen molar-refractivity contribution in [3.63, 3.8) is 0 Å². The van der Waals surface area contributed by atoms with Gasteiger partial charge in [-0.3, -0.25) is 0 Å². The van der Waals surface area contributed by atoms with Gasteiger partial charge in [0.1, 0.15) is 5.75 Å². The van der Waals surface area contributed by atoms with Crippen molar-refractivity contribution in [3.05, 3.63) is 24.3 Å². The summed E-state index contributed by atoms with van der Waals surface area (Å²) < 4.78 is 10.8. The van der Waals surface area contributed by atoms with E-state index in [4.69, 9.17) is 15.2 Å². The van der Waals surface area contributed by atoms with Crippen molar-refractivity contribution >= 4 is 5.69 Å². The van der Waals surface area contributed by atoms with Crippen LogP contribution in [0.3, 0.4) is 0 Å². The van der Waals surface area contributed by atoms with E-state index in [1.807, 2.05) is 25.1 Å². The molecule has 0 amide bonds. The molecule has 1 aromatic rings. The number of anilines is 1. The fourth-order valence-electron chi connectivity index (χ4n) is 2.03. The van der Waals surface area contributed by atoms with Crippen LogP contribution in [-0.2, 0) is 4.74 Å². The first-order valence-electron chi connectivity index (χ1n) is 6.99. The lowest BCUT2D eigenvalue weighted by Gasteiger charge is -2.26. The molecule has 0 spiro atoms. The maximum atomic E-state index is 5.62. The van der Waals surface area contributed by atoms with Crippen molar-refractivity contribution in [2.75, 3.05) is 44.9 Å². The number of methoxy groups -OCH3 is 1. The molecule has 0 atom stereocenters. The molecule has 108 valence electrons. The molecule has 0 unspecified atom stereocenters. The van der Waals surface area contributed by atoms with Crippen molar-refractivity contribution in [1.82, 2.24) is 0 Å². The monoisotopic (exact) mass is 266 g/mol. The van der Waals surface area contributed by atoms with Gasteiger partial charge in [-0.2, -0.15) is 0 Å². The smallest absolute Gasteiger partial charge is 0.142 e. The summed E-state index contributed by atoms with van der Waals surface area (Å²) in [5.74, 6) is 0.913. The molecular formula is C15H26N2O2. The Morgan fingerprint density at radius 2 is 1.89 bits per heavy atom. The van der Waals surface area contributed by atoms with Crippen LogP contribution >= 0.6 is 0 Å². The zero-order chi connectivity index (χ0) is 13.9. The average Bonchev–Trinajstić information content (AvgIpc) is 2.46. The zero-order valence-electron chi connectivity index (χ0n) is 12.1. The number of para-hydroxylation sites is 2. The quantitative estimate of drug-likeness (QED) is 0.660. The van der Waals surface area contributed by atoms with Gasteiger partial charge < -0.3 is 20.1 Å². The van der Waals surface area contributed by atoms with Crippen LogP contribution in [-0.4, -0.2) is 40.0 Å². The molecule has 19 heavy (non-hydrogen) atoms. The lowest BCUT2D eigenvalue weighted by atomic mass is 10.2. The Balaban J connectivity index is 2.65. The lowest BCUT2D eigenvalue weighted by molar-refractivity contribution is 0.146. The molecule has 4 heteroatoms. The van der Waals surface area contributed by atoms with Crippen molar-refractivity contribution < 1.29 is 9.47 Å². The van der Waals surface area contributed by atoms with Gasteiger partial charge in [0.05, 0.1) is 12.8 Å². The molecule has 0 saturated heterocycles. The maximum Gasteiger partial charge on any atom is 0.142 e. The molecule has 0 fully saturated rings. The SMILES string of the molecule is CCOCCCN(CCCN)c1ccccc1OC. The van der Waals surface area contributed by atoms with Crippen LogP contribution in [0, 0.1) is 0 Å². The normalized spacial score (nSPS) is 10.5. The summed E-state index contributed by atoms with van der Waals surface area (Å²) in [6, 6.07) is 8.11. The molecule has 0 saturated carbocycles. The van der Waals surface area contributed by atoms with Gasteiger partial charge in [-0.25, -0.2) is 0 Å². The Hall–Kier alpha value is -1.26. The Bertz CT molecular complexity index is 345. The largest absolute Gasteiger partial charge is 0.495 e. The van der Waals surface area contributed by atoms with Gasteiger partial charge in [0.25, 0.3) is 0 Å². The summed E-state index contributed by atoms with van der Waals surface area (Å²) in [7, 11) is 1.71. The Morgan fingerprint density at radius 3 is 2.58 bits per heavy atom. The minimum absolute atomic E-state index is 0.705. The van der Waals surface area contributed by atoms with E-state index < -0.39 is 0 Å². The van der Waals surface area contributed by atoms with E-state index in [0.29, 0.717) is 6.54 Å². The summed E-state index contributed by atoms with van der Waals surface area (Å²) in [6.45, 7) is 6.20. The highest BCUT2D eigenvalue weighted by atomic mass is 16.5. The Kier molecular flexibility index (Phi) is 8.02. The van der Waals surface area contributed by atoms with E-state index in [1.54, 1.807) is 7.11 Å². The van der Waals surface area contributed by atoms with Crippen molar-refractivity contribution in [1.29, 1.82) is 0 Å². The molecule has 4 nitrogen and oxygen atoms in total. The third-order valence-electron chi connectivity index (χ3n) is 2.98. The molecule has 0 aliphatic carbocycles. The first-order chi connectivity index (χ1) is 9.33. The molecule has 0 aliphatic rings. The number of rotatable bonds is 10. The number of hydrogen-bond donors (Lipinski definition) is 1. The van der Waals surface area contributed by atoms with E-state index >= 15 is 0 Å². The van der Waals surface area contributed by atoms with E-state index in [0.717, 1.165) is 50.6 Å². The molecule has 0 aromatic heterocycles.